The fraction of sp³-hybridized carbons (Fsp3) is 0.125. The molecule has 0 aliphatic carbocycles. The maximum atomic E-state index is 13.3. The minimum Gasteiger partial charge on any atom is -0.348 e. The minimum absolute atomic E-state index is 0.0567. The predicted octanol–water partition coefficient (Wildman–Crippen LogP) is 8.02. The molecule has 0 unspecified atom stereocenters. The van der Waals surface area contributed by atoms with E-state index in [-0.39, 0.29) is 5.02 Å². The zero-order chi connectivity index (χ0) is 18.7. The van der Waals surface area contributed by atoms with Gasteiger partial charge in [0.2, 0.25) is 0 Å². The molecule has 0 radical (unpaired) electrons. The number of anilines is 1. The summed E-state index contributed by atoms with van der Waals surface area (Å²) >= 11 is 24.6. The van der Waals surface area contributed by atoms with Gasteiger partial charge in [0.05, 0.1) is 35.9 Å². The molecule has 0 atom stereocenters. The zero-order valence-electron chi connectivity index (χ0n) is 13.0. The van der Waals surface area contributed by atoms with Crippen molar-refractivity contribution in [2.75, 3.05) is 5.32 Å². The van der Waals surface area contributed by atoms with Crippen LogP contribution in [-0.4, -0.2) is 9.97 Å². The Balaban J connectivity index is 0.000000181. The van der Waals surface area contributed by atoms with Crippen LogP contribution < -0.4 is 5.32 Å². The van der Waals surface area contributed by atoms with E-state index in [1.165, 1.54) is 0 Å². The van der Waals surface area contributed by atoms with Crippen molar-refractivity contribution in [1.29, 1.82) is 0 Å². The van der Waals surface area contributed by atoms with Crippen molar-refractivity contribution in [2.45, 2.75) is 13.8 Å². The van der Waals surface area contributed by atoms with Crippen LogP contribution in [-0.2, 0) is 0 Å². The highest BCUT2D eigenvalue weighted by atomic mass is 79.9. The largest absolute Gasteiger partial charge is 0.348 e. The normalized spacial score (nSPS) is 10.4. The van der Waals surface area contributed by atoms with Crippen molar-refractivity contribution in [3.63, 3.8) is 0 Å². The number of benzene rings is 2. The molecule has 0 bridgehead atoms. The molecule has 132 valence electrons. The molecule has 0 aliphatic heterocycles. The topological polar surface area (TPSA) is 24.9 Å². The first-order valence-electron chi connectivity index (χ1n) is 6.83. The van der Waals surface area contributed by atoms with Gasteiger partial charge in [-0.05, 0) is 70.0 Å². The van der Waals surface area contributed by atoms with Gasteiger partial charge in [-0.2, -0.15) is 0 Å². The van der Waals surface area contributed by atoms with E-state index in [2.05, 4.69) is 42.2 Å². The van der Waals surface area contributed by atoms with Crippen LogP contribution in [0, 0.1) is 12.7 Å². The molecule has 0 aliphatic rings. The summed E-state index contributed by atoms with van der Waals surface area (Å²) in [7, 11) is 0. The fourth-order valence-corrected chi connectivity index (χ4v) is 4.03. The van der Waals surface area contributed by atoms with E-state index in [0.29, 0.717) is 15.1 Å². The van der Waals surface area contributed by atoms with Gasteiger partial charge in [-0.15, -0.1) is 11.3 Å². The van der Waals surface area contributed by atoms with Crippen LogP contribution in [0.25, 0.3) is 10.2 Å². The van der Waals surface area contributed by atoms with Crippen molar-refractivity contribution in [3.8, 4) is 0 Å². The Morgan fingerprint density at radius 2 is 1.76 bits per heavy atom. The molecule has 9 heteroatoms. The fourth-order valence-electron chi connectivity index (χ4n) is 1.86. The third-order valence-corrected chi connectivity index (χ3v) is 6.66. The second-order valence-electron chi connectivity index (χ2n) is 4.85. The van der Waals surface area contributed by atoms with Crippen molar-refractivity contribution in [2.24, 2.45) is 0 Å². The molecule has 1 aromatic heterocycles. The van der Waals surface area contributed by atoms with Gasteiger partial charge >= 0.3 is 0 Å². The number of rotatable bonds is 1. The summed E-state index contributed by atoms with van der Waals surface area (Å²) in [4.78, 5) is 4.83. The van der Waals surface area contributed by atoms with Gasteiger partial charge in [0.25, 0.3) is 0 Å². The van der Waals surface area contributed by atoms with Crippen LogP contribution in [0.3, 0.4) is 0 Å². The lowest BCUT2D eigenvalue weighted by molar-refractivity contribution is 0.632. The number of nitrogens with zero attached hydrogens (tertiary/aromatic N) is 1. The summed E-state index contributed by atoms with van der Waals surface area (Å²) in [5, 5.41) is 4.56. The van der Waals surface area contributed by atoms with Crippen LogP contribution in [0.5, 0.6) is 0 Å². The molecule has 0 fully saturated rings. The van der Waals surface area contributed by atoms with E-state index >= 15 is 0 Å². The van der Waals surface area contributed by atoms with Gasteiger partial charge < -0.3 is 5.32 Å². The van der Waals surface area contributed by atoms with Crippen molar-refractivity contribution < 1.29 is 4.39 Å². The summed E-state index contributed by atoms with van der Waals surface area (Å²) in [6.07, 6.45) is 0. The first kappa shape index (κ1) is 21.0. The predicted molar refractivity (Wildman–Crippen MR) is 118 cm³/mol. The molecule has 0 spiro atoms. The summed E-state index contributed by atoms with van der Waals surface area (Å²) in [5.41, 5.74) is 1.27. The SMILES string of the molecule is CC(=S)Nc1ccc(Br)c(Cl)c1F.Cc1nc2ccc(Br)c(Cl)c2s1. The number of thiazole rings is 1. The molecule has 3 rings (SSSR count). The summed E-state index contributed by atoms with van der Waals surface area (Å²) in [6.45, 7) is 3.65. The minimum atomic E-state index is -0.500. The van der Waals surface area contributed by atoms with Crippen LogP contribution in [0.2, 0.25) is 10.0 Å². The van der Waals surface area contributed by atoms with Gasteiger partial charge in [0.1, 0.15) is 0 Å². The van der Waals surface area contributed by atoms with Crippen LogP contribution in [0.15, 0.2) is 33.2 Å². The lowest BCUT2D eigenvalue weighted by Crippen LogP contribution is -2.05. The van der Waals surface area contributed by atoms with E-state index in [4.69, 9.17) is 35.4 Å². The van der Waals surface area contributed by atoms with Crippen LogP contribution >= 0.6 is 78.6 Å². The number of aromatic nitrogens is 1. The number of fused-ring (bicyclic) bond motifs is 1. The molecule has 0 saturated carbocycles. The first-order valence-corrected chi connectivity index (χ1v) is 10.4. The standard InChI is InChI=1S/C8H6BrClFNS.C8H5BrClNS/c1-4(13)12-6-3-2-5(9)7(10)8(6)11;1-4-11-6-3-2-5(9)7(10)8(6)12-4/h2-3H,1H3,(H,12,13);2-3H,1H3. The molecule has 3 aromatic rings. The first-order chi connectivity index (χ1) is 11.7. The molecule has 0 saturated heterocycles. The zero-order valence-corrected chi connectivity index (χ0v) is 19.3. The number of thiocarbonyl (C=S) groups is 1. The number of aryl methyl sites for hydroxylation is 1. The van der Waals surface area contributed by atoms with Crippen LogP contribution in [0.1, 0.15) is 11.9 Å². The molecule has 25 heavy (non-hydrogen) atoms. The number of hydrogen-bond donors (Lipinski definition) is 1. The average Bonchev–Trinajstić information content (AvgIpc) is 2.93. The van der Waals surface area contributed by atoms with E-state index in [0.717, 1.165) is 24.7 Å². The van der Waals surface area contributed by atoms with Gasteiger partial charge in [0.15, 0.2) is 5.82 Å². The number of halogens is 5. The maximum absolute atomic E-state index is 13.3. The van der Waals surface area contributed by atoms with Crippen molar-refractivity contribution in [3.05, 3.63) is 54.1 Å². The second-order valence-corrected chi connectivity index (χ2v) is 9.13. The summed E-state index contributed by atoms with van der Waals surface area (Å²) in [6, 6.07) is 7.12. The van der Waals surface area contributed by atoms with Gasteiger partial charge in [-0.3, -0.25) is 0 Å². The Morgan fingerprint density at radius 3 is 2.40 bits per heavy atom. The maximum Gasteiger partial charge on any atom is 0.166 e. The Kier molecular flexibility index (Phi) is 7.61. The summed E-state index contributed by atoms with van der Waals surface area (Å²) < 4.78 is 15.9. The van der Waals surface area contributed by atoms with Crippen molar-refractivity contribution >= 4 is 99.5 Å². The van der Waals surface area contributed by atoms with E-state index in [9.17, 15) is 4.39 Å². The highest BCUT2D eigenvalue weighted by Crippen LogP contribution is 2.34. The molecule has 1 N–H and O–H groups in total. The van der Waals surface area contributed by atoms with Crippen molar-refractivity contribution in [1.82, 2.24) is 4.98 Å². The molecular weight excluding hydrogens is 534 g/mol. The lowest BCUT2D eigenvalue weighted by atomic mass is 10.3. The molecule has 0 amide bonds. The Labute approximate surface area is 181 Å². The monoisotopic (exact) mass is 542 g/mol. The second kappa shape index (κ2) is 9.06. The third-order valence-electron chi connectivity index (χ3n) is 2.90. The van der Waals surface area contributed by atoms with Gasteiger partial charge in [-0.25, -0.2) is 9.37 Å². The van der Waals surface area contributed by atoms with E-state index in [1.54, 1.807) is 30.4 Å². The smallest absolute Gasteiger partial charge is 0.166 e. The highest BCUT2D eigenvalue weighted by Gasteiger charge is 2.09. The van der Waals surface area contributed by atoms with Crippen LogP contribution in [0.4, 0.5) is 10.1 Å². The number of nitrogens with one attached hydrogen (secondary N) is 1. The van der Waals surface area contributed by atoms with E-state index in [1.807, 2.05) is 19.1 Å². The third kappa shape index (κ3) is 5.34. The van der Waals surface area contributed by atoms with Gasteiger partial charge in [0, 0.05) is 8.95 Å². The summed E-state index contributed by atoms with van der Waals surface area (Å²) in [5.74, 6) is -0.500. The lowest BCUT2D eigenvalue weighted by Gasteiger charge is -2.07. The Morgan fingerprint density at radius 1 is 1.16 bits per heavy atom. The number of hydrogen-bond acceptors (Lipinski definition) is 3. The Hall–Kier alpha value is -0.310. The van der Waals surface area contributed by atoms with Gasteiger partial charge in [-0.1, -0.05) is 35.4 Å². The molecule has 1 heterocycles. The quantitative estimate of drug-likeness (QED) is 0.248. The molecule has 2 aromatic carbocycles. The highest BCUT2D eigenvalue weighted by molar-refractivity contribution is 9.10. The van der Waals surface area contributed by atoms with E-state index < -0.39 is 5.82 Å². The Bertz CT molecular complexity index is 948. The molecule has 2 nitrogen and oxygen atoms in total. The average molecular weight is 545 g/mol. The molecular formula is C16H11Br2Cl2FN2S2.